The van der Waals surface area contributed by atoms with Crippen molar-refractivity contribution in [2.24, 2.45) is 0 Å². The Morgan fingerprint density at radius 3 is 2.57 bits per heavy atom. The number of thioether (sulfide) groups is 1. The highest BCUT2D eigenvalue weighted by Crippen LogP contribution is 2.36. The van der Waals surface area contributed by atoms with Crippen LogP contribution < -0.4 is 5.32 Å². The third-order valence-corrected chi connectivity index (χ3v) is 5.67. The van der Waals surface area contributed by atoms with Gasteiger partial charge in [-0.2, -0.15) is 13.2 Å². The Kier molecular flexibility index (Phi) is 7.19. The van der Waals surface area contributed by atoms with Crippen molar-refractivity contribution in [2.75, 3.05) is 11.1 Å². The molecule has 0 spiro atoms. The topological polar surface area (TPSA) is 59.8 Å². The van der Waals surface area contributed by atoms with Crippen LogP contribution in [0.1, 0.15) is 23.9 Å². The summed E-state index contributed by atoms with van der Waals surface area (Å²) >= 11 is 4.16. The van der Waals surface area contributed by atoms with E-state index in [0.717, 1.165) is 29.2 Å². The molecule has 0 aliphatic carbocycles. The number of aromatic nitrogens is 3. The fourth-order valence-corrected chi connectivity index (χ4v) is 4.01. The molecule has 0 saturated carbocycles. The Morgan fingerprint density at radius 1 is 1.17 bits per heavy atom. The molecule has 0 aliphatic rings. The molecule has 0 atom stereocenters. The minimum atomic E-state index is -4.58. The van der Waals surface area contributed by atoms with Crippen LogP contribution in [0.25, 0.3) is 0 Å². The van der Waals surface area contributed by atoms with Crippen LogP contribution >= 0.6 is 27.7 Å². The highest BCUT2D eigenvalue weighted by molar-refractivity contribution is 9.10. The van der Waals surface area contributed by atoms with Crippen molar-refractivity contribution in [3.8, 4) is 0 Å². The predicted octanol–water partition coefficient (Wildman–Crippen LogP) is 5.40. The molecule has 0 unspecified atom stereocenters. The van der Waals surface area contributed by atoms with E-state index in [1.807, 2.05) is 41.8 Å². The maximum atomic E-state index is 13.2. The van der Waals surface area contributed by atoms with Crippen LogP contribution in [0, 0.1) is 0 Å². The van der Waals surface area contributed by atoms with E-state index in [2.05, 4.69) is 31.4 Å². The van der Waals surface area contributed by atoms with Gasteiger partial charge in [-0.1, -0.05) is 58.0 Å². The Hall–Kier alpha value is -2.33. The maximum Gasteiger partial charge on any atom is 0.418 e. The lowest BCUT2D eigenvalue weighted by Crippen LogP contribution is -2.18. The molecule has 158 valence electrons. The molecule has 2 aromatic carbocycles. The van der Waals surface area contributed by atoms with Gasteiger partial charge in [0, 0.05) is 17.4 Å². The van der Waals surface area contributed by atoms with Gasteiger partial charge in [0.2, 0.25) is 5.91 Å². The molecule has 1 heterocycles. The van der Waals surface area contributed by atoms with E-state index >= 15 is 0 Å². The molecule has 3 aromatic rings. The van der Waals surface area contributed by atoms with E-state index in [-0.39, 0.29) is 15.9 Å². The van der Waals surface area contributed by atoms with Crippen molar-refractivity contribution >= 4 is 39.3 Å². The monoisotopic (exact) mass is 498 g/mol. The standard InChI is InChI=1S/C20H18BrF3N4OS/c1-2-28-17(10-13-6-4-3-5-7-13)26-27-19(28)30-12-18(29)25-16-9-8-14(21)11-15(16)20(22,23)24/h3-9,11H,2,10,12H2,1H3,(H,25,29). The van der Waals surface area contributed by atoms with E-state index in [1.165, 1.54) is 12.1 Å². The predicted molar refractivity (Wildman–Crippen MR) is 113 cm³/mol. The minimum absolute atomic E-state index is 0.0865. The zero-order valence-corrected chi connectivity index (χ0v) is 18.3. The molecule has 1 aromatic heterocycles. The van der Waals surface area contributed by atoms with Crippen molar-refractivity contribution in [3.63, 3.8) is 0 Å². The molecule has 10 heteroatoms. The Balaban J connectivity index is 1.67. The smallest absolute Gasteiger partial charge is 0.325 e. The first-order valence-electron chi connectivity index (χ1n) is 9.03. The van der Waals surface area contributed by atoms with Crippen molar-refractivity contribution < 1.29 is 18.0 Å². The van der Waals surface area contributed by atoms with Crippen LogP contribution in [0.5, 0.6) is 0 Å². The van der Waals surface area contributed by atoms with Crippen LogP contribution in [-0.4, -0.2) is 26.4 Å². The van der Waals surface area contributed by atoms with Crippen molar-refractivity contribution in [1.29, 1.82) is 0 Å². The average Bonchev–Trinajstić information content (AvgIpc) is 3.09. The number of benzene rings is 2. The average molecular weight is 499 g/mol. The van der Waals surface area contributed by atoms with Crippen LogP contribution in [0.15, 0.2) is 58.2 Å². The molecule has 0 bridgehead atoms. The van der Waals surface area contributed by atoms with Gasteiger partial charge in [-0.05, 0) is 30.7 Å². The number of amides is 1. The van der Waals surface area contributed by atoms with Crippen LogP contribution in [-0.2, 0) is 23.9 Å². The third-order valence-electron chi connectivity index (χ3n) is 4.21. The van der Waals surface area contributed by atoms with Gasteiger partial charge in [0.25, 0.3) is 0 Å². The van der Waals surface area contributed by atoms with Crippen LogP contribution in [0.3, 0.4) is 0 Å². The summed E-state index contributed by atoms with van der Waals surface area (Å²) in [6, 6.07) is 13.4. The molecule has 30 heavy (non-hydrogen) atoms. The summed E-state index contributed by atoms with van der Waals surface area (Å²) in [5, 5.41) is 11.2. The van der Waals surface area contributed by atoms with Gasteiger partial charge >= 0.3 is 6.18 Å². The molecule has 0 saturated heterocycles. The normalized spacial score (nSPS) is 11.5. The number of hydrogen-bond acceptors (Lipinski definition) is 4. The molecule has 0 radical (unpaired) electrons. The summed E-state index contributed by atoms with van der Waals surface area (Å²) in [7, 11) is 0. The number of nitrogens with zero attached hydrogens (tertiary/aromatic N) is 3. The molecule has 5 nitrogen and oxygen atoms in total. The number of anilines is 1. The quantitative estimate of drug-likeness (QED) is 0.443. The molecule has 1 amide bonds. The van der Waals surface area contributed by atoms with Gasteiger partial charge in [-0.15, -0.1) is 10.2 Å². The zero-order valence-electron chi connectivity index (χ0n) is 15.9. The number of nitrogens with one attached hydrogen (secondary N) is 1. The zero-order chi connectivity index (χ0) is 21.7. The SMILES string of the molecule is CCn1c(Cc2ccccc2)nnc1SCC(=O)Nc1ccc(Br)cc1C(F)(F)F. The van der Waals surface area contributed by atoms with Crippen molar-refractivity contribution in [3.05, 3.63) is 70.0 Å². The Bertz CT molecular complexity index is 1020. The van der Waals surface area contributed by atoms with E-state index in [1.54, 1.807) is 0 Å². The molecule has 3 rings (SSSR count). The summed E-state index contributed by atoms with van der Waals surface area (Å²) in [6.07, 6.45) is -3.98. The van der Waals surface area contributed by atoms with Gasteiger partial charge in [0.1, 0.15) is 5.82 Å². The molecule has 0 aliphatic heterocycles. The minimum Gasteiger partial charge on any atom is -0.325 e. The second-order valence-electron chi connectivity index (χ2n) is 6.33. The number of carbonyl (C=O) groups is 1. The fraction of sp³-hybridized carbons (Fsp3) is 0.250. The number of alkyl halides is 3. The highest BCUT2D eigenvalue weighted by atomic mass is 79.9. The van der Waals surface area contributed by atoms with Crippen LogP contribution in [0.4, 0.5) is 18.9 Å². The van der Waals surface area contributed by atoms with Gasteiger partial charge in [0.15, 0.2) is 5.16 Å². The van der Waals surface area contributed by atoms with Gasteiger partial charge in [-0.3, -0.25) is 4.79 Å². The third kappa shape index (κ3) is 5.63. The summed E-state index contributed by atoms with van der Waals surface area (Å²) < 4.78 is 41.8. The lowest BCUT2D eigenvalue weighted by Gasteiger charge is -2.14. The van der Waals surface area contributed by atoms with E-state index in [4.69, 9.17) is 0 Å². The lowest BCUT2D eigenvalue weighted by molar-refractivity contribution is -0.137. The lowest BCUT2D eigenvalue weighted by atomic mass is 10.1. The number of rotatable bonds is 7. The Labute approximate surface area is 184 Å². The number of carbonyl (C=O) groups excluding carboxylic acids is 1. The van der Waals surface area contributed by atoms with Crippen molar-refractivity contribution in [2.45, 2.75) is 31.2 Å². The second kappa shape index (κ2) is 9.65. The van der Waals surface area contributed by atoms with Gasteiger partial charge in [-0.25, -0.2) is 0 Å². The largest absolute Gasteiger partial charge is 0.418 e. The highest BCUT2D eigenvalue weighted by Gasteiger charge is 2.34. The maximum absolute atomic E-state index is 13.2. The molecular weight excluding hydrogens is 481 g/mol. The summed E-state index contributed by atoms with van der Waals surface area (Å²) in [6.45, 7) is 2.56. The van der Waals surface area contributed by atoms with Gasteiger partial charge in [0.05, 0.1) is 17.0 Å². The fourth-order valence-electron chi connectivity index (χ4n) is 2.83. The Morgan fingerprint density at radius 2 is 1.90 bits per heavy atom. The number of halogens is 4. The second-order valence-corrected chi connectivity index (χ2v) is 8.19. The van der Waals surface area contributed by atoms with E-state index < -0.39 is 17.6 Å². The first-order chi connectivity index (χ1) is 14.3. The summed E-state index contributed by atoms with van der Waals surface area (Å²) in [5.41, 5.74) is -0.0982. The molecule has 0 fully saturated rings. The summed E-state index contributed by atoms with van der Waals surface area (Å²) in [5.74, 6) is 0.124. The van der Waals surface area contributed by atoms with E-state index in [9.17, 15) is 18.0 Å². The van der Waals surface area contributed by atoms with Gasteiger partial charge < -0.3 is 9.88 Å². The summed E-state index contributed by atoms with van der Waals surface area (Å²) in [4.78, 5) is 12.3. The van der Waals surface area contributed by atoms with Crippen molar-refractivity contribution in [1.82, 2.24) is 14.8 Å². The first kappa shape index (κ1) is 22.4. The van der Waals surface area contributed by atoms with Crippen LogP contribution in [0.2, 0.25) is 0 Å². The first-order valence-corrected chi connectivity index (χ1v) is 10.8. The molecule has 1 N–H and O–H groups in total. The van der Waals surface area contributed by atoms with E-state index in [0.29, 0.717) is 18.1 Å². The molecular formula is C20H18BrF3N4OS. The number of hydrogen-bond donors (Lipinski definition) is 1.